The van der Waals surface area contributed by atoms with E-state index < -0.39 is 17.7 Å². The Morgan fingerprint density at radius 1 is 1.03 bits per heavy atom. The summed E-state index contributed by atoms with van der Waals surface area (Å²) < 4.78 is 44.6. The van der Waals surface area contributed by atoms with Crippen LogP contribution < -0.4 is 0 Å². The molecule has 0 aliphatic rings. The first-order valence-corrected chi connectivity index (χ1v) is 9.70. The zero-order valence-corrected chi connectivity index (χ0v) is 16.1. The van der Waals surface area contributed by atoms with Gasteiger partial charge in [-0.2, -0.15) is 13.2 Å². The van der Waals surface area contributed by atoms with Crippen molar-refractivity contribution in [2.24, 2.45) is 0 Å². The van der Waals surface area contributed by atoms with Crippen molar-refractivity contribution in [3.63, 3.8) is 0 Å². The standard InChI is InChI=1S/C20H14F3N3O3S/c21-20(22,23)13-4-1-11(2-5-13)12-3-6-14-15(9-12)30-18(24-14)10-17-26-25-16(29-17)7-8-19(27)28/h1-6,9H,7-8,10H2,(H,27,28). The van der Waals surface area contributed by atoms with Crippen molar-refractivity contribution in [3.05, 3.63) is 64.8 Å². The number of carboxylic acids is 1. The predicted molar refractivity (Wildman–Crippen MR) is 103 cm³/mol. The van der Waals surface area contributed by atoms with Crippen LogP contribution in [-0.2, 0) is 23.8 Å². The van der Waals surface area contributed by atoms with Gasteiger partial charge in [0, 0.05) is 6.42 Å². The van der Waals surface area contributed by atoms with Crippen molar-refractivity contribution in [2.45, 2.75) is 25.4 Å². The van der Waals surface area contributed by atoms with Gasteiger partial charge >= 0.3 is 12.1 Å². The van der Waals surface area contributed by atoms with Crippen LogP contribution in [0.4, 0.5) is 13.2 Å². The van der Waals surface area contributed by atoms with Crippen molar-refractivity contribution >= 4 is 27.5 Å². The number of rotatable bonds is 6. The molecule has 0 aliphatic heterocycles. The van der Waals surface area contributed by atoms with Crippen LogP contribution in [-0.4, -0.2) is 26.3 Å². The zero-order chi connectivity index (χ0) is 21.3. The lowest BCUT2D eigenvalue weighted by Crippen LogP contribution is -2.03. The van der Waals surface area contributed by atoms with Crippen LogP contribution >= 0.6 is 11.3 Å². The van der Waals surface area contributed by atoms with Gasteiger partial charge in [0.05, 0.1) is 28.6 Å². The highest BCUT2D eigenvalue weighted by molar-refractivity contribution is 7.18. The maximum absolute atomic E-state index is 12.7. The Morgan fingerprint density at radius 3 is 2.43 bits per heavy atom. The molecule has 0 radical (unpaired) electrons. The molecule has 0 saturated carbocycles. The van der Waals surface area contributed by atoms with Crippen molar-refractivity contribution in [1.29, 1.82) is 0 Å². The molecule has 30 heavy (non-hydrogen) atoms. The fraction of sp³-hybridized carbons (Fsp3) is 0.200. The Balaban J connectivity index is 1.52. The first kappa shape index (κ1) is 20.0. The SMILES string of the molecule is O=C(O)CCc1nnc(Cc2nc3ccc(-c4ccc(C(F)(F)F)cc4)cc3s2)o1. The smallest absolute Gasteiger partial charge is 0.416 e. The second-order valence-electron chi connectivity index (χ2n) is 6.53. The number of benzene rings is 2. The number of aliphatic carboxylic acids is 1. The molecule has 0 unspecified atom stereocenters. The van der Waals surface area contributed by atoms with E-state index in [4.69, 9.17) is 9.52 Å². The predicted octanol–water partition coefficient (Wildman–Crippen LogP) is 4.97. The molecular formula is C20H14F3N3O3S. The maximum atomic E-state index is 12.7. The highest BCUT2D eigenvalue weighted by Crippen LogP contribution is 2.33. The first-order valence-electron chi connectivity index (χ1n) is 8.88. The Kier molecular flexibility index (Phi) is 5.25. The van der Waals surface area contributed by atoms with Crippen LogP contribution in [0.1, 0.15) is 28.8 Å². The highest BCUT2D eigenvalue weighted by atomic mass is 32.1. The fourth-order valence-corrected chi connectivity index (χ4v) is 3.88. The van der Waals surface area contributed by atoms with E-state index in [1.807, 2.05) is 18.2 Å². The van der Waals surface area contributed by atoms with Gasteiger partial charge in [0.2, 0.25) is 11.8 Å². The molecule has 2 heterocycles. The summed E-state index contributed by atoms with van der Waals surface area (Å²) in [6.45, 7) is 0. The van der Waals surface area contributed by atoms with E-state index >= 15 is 0 Å². The summed E-state index contributed by atoms with van der Waals surface area (Å²) in [4.78, 5) is 15.1. The molecule has 0 atom stereocenters. The fourth-order valence-electron chi connectivity index (χ4n) is 2.88. The third-order valence-corrected chi connectivity index (χ3v) is 5.36. The third-order valence-electron chi connectivity index (χ3n) is 4.34. The molecule has 0 spiro atoms. The van der Waals surface area contributed by atoms with E-state index in [1.165, 1.54) is 23.5 Å². The van der Waals surface area contributed by atoms with Crippen LogP contribution in [0.3, 0.4) is 0 Å². The molecule has 0 saturated heterocycles. The van der Waals surface area contributed by atoms with Crippen LogP contribution in [0.15, 0.2) is 46.9 Å². The summed E-state index contributed by atoms with van der Waals surface area (Å²) in [6, 6.07) is 10.5. The molecule has 0 bridgehead atoms. The molecule has 0 amide bonds. The minimum atomic E-state index is -4.36. The van der Waals surface area contributed by atoms with E-state index in [0.29, 0.717) is 17.9 Å². The number of nitrogens with zero attached hydrogens (tertiary/aromatic N) is 3. The molecule has 10 heteroatoms. The highest BCUT2D eigenvalue weighted by Gasteiger charge is 2.30. The van der Waals surface area contributed by atoms with Crippen molar-refractivity contribution in [1.82, 2.24) is 15.2 Å². The summed E-state index contributed by atoms with van der Waals surface area (Å²) >= 11 is 1.42. The number of aromatic nitrogens is 3. The maximum Gasteiger partial charge on any atom is 0.416 e. The molecule has 4 aromatic rings. The van der Waals surface area contributed by atoms with E-state index in [2.05, 4.69) is 15.2 Å². The third kappa shape index (κ3) is 4.48. The van der Waals surface area contributed by atoms with Crippen molar-refractivity contribution in [3.8, 4) is 11.1 Å². The van der Waals surface area contributed by atoms with E-state index in [1.54, 1.807) is 0 Å². The number of halogens is 3. The van der Waals surface area contributed by atoms with Gasteiger partial charge < -0.3 is 9.52 Å². The summed E-state index contributed by atoms with van der Waals surface area (Å²) in [5, 5.41) is 17.2. The van der Waals surface area contributed by atoms with Gasteiger partial charge in [-0.1, -0.05) is 18.2 Å². The summed E-state index contributed by atoms with van der Waals surface area (Å²) in [6.07, 6.45) is -3.97. The molecule has 1 N–H and O–H groups in total. The Bertz CT molecular complexity index is 1200. The first-order chi connectivity index (χ1) is 14.3. The van der Waals surface area contributed by atoms with Gasteiger partial charge in [-0.25, -0.2) is 4.98 Å². The number of carbonyl (C=O) groups is 1. The topological polar surface area (TPSA) is 89.1 Å². The number of fused-ring (bicyclic) bond motifs is 1. The van der Waals surface area contributed by atoms with E-state index in [-0.39, 0.29) is 18.7 Å². The molecule has 2 aromatic heterocycles. The Hall–Kier alpha value is -3.27. The molecule has 4 rings (SSSR count). The summed E-state index contributed by atoms with van der Waals surface area (Å²) in [5.74, 6) is -0.333. The average molecular weight is 433 g/mol. The van der Waals surface area contributed by atoms with Gasteiger partial charge in [0.1, 0.15) is 5.01 Å². The summed E-state index contributed by atoms with van der Waals surface area (Å²) in [5.41, 5.74) is 1.55. The van der Waals surface area contributed by atoms with Crippen molar-refractivity contribution in [2.75, 3.05) is 0 Å². The van der Waals surface area contributed by atoms with Crippen LogP contribution in [0.5, 0.6) is 0 Å². The van der Waals surface area contributed by atoms with E-state index in [9.17, 15) is 18.0 Å². The monoisotopic (exact) mass is 433 g/mol. The molecule has 6 nitrogen and oxygen atoms in total. The van der Waals surface area contributed by atoms with Crippen LogP contribution in [0.2, 0.25) is 0 Å². The lowest BCUT2D eigenvalue weighted by Gasteiger charge is -2.07. The number of hydrogen-bond acceptors (Lipinski definition) is 6. The molecular weight excluding hydrogens is 419 g/mol. The number of thiazole rings is 1. The quantitative estimate of drug-likeness (QED) is 0.462. The molecule has 0 fully saturated rings. The number of carboxylic acid groups (broad SMARTS) is 1. The van der Waals surface area contributed by atoms with Gasteiger partial charge in [-0.15, -0.1) is 21.5 Å². The van der Waals surface area contributed by atoms with Crippen LogP contribution in [0, 0.1) is 0 Å². The minimum absolute atomic E-state index is 0.0878. The second-order valence-corrected chi connectivity index (χ2v) is 7.64. The lowest BCUT2D eigenvalue weighted by atomic mass is 10.0. The largest absolute Gasteiger partial charge is 0.481 e. The molecule has 0 aliphatic carbocycles. The summed E-state index contributed by atoms with van der Waals surface area (Å²) in [7, 11) is 0. The van der Waals surface area contributed by atoms with Gasteiger partial charge in [0.25, 0.3) is 0 Å². The lowest BCUT2D eigenvalue weighted by molar-refractivity contribution is -0.138. The normalized spacial score (nSPS) is 11.8. The zero-order valence-electron chi connectivity index (χ0n) is 15.3. The van der Waals surface area contributed by atoms with Gasteiger partial charge in [0.15, 0.2) is 0 Å². The molecule has 2 aromatic carbocycles. The number of aryl methyl sites for hydroxylation is 1. The van der Waals surface area contributed by atoms with E-state index in [0.717, 1.165) is 32.9 Å². The van der Waals surface area contributed by atoms with Crippen molar-refractivity contribution < 1.29 is 27.5 Å². The Labute approximate surface area is 172 Å². The second kappa shape index (κ2) is 7.86. The Morgan fingerprint density at radius 2 is 1.73 bits per heavy atom. The molecule has 154 valence electrons. The van der Waals surface area contributed by atoms with Gasteiger partial charge in [-0.05, 0) is 35.4 Å². The number of hydrogen-bond donors (Lipinski definition) is 1. The van der Waals surface area contributed by atoms with Crippen LogP contribution in [0.25, 0.3) is 21.3 Å². The average Bonchev–Trinajstić information content (AvgIpc) is 3.31. The minimum Gasteiger partial charge on any atom is -0.481 e. The van der Waals surface area contributed by atoms with Gasteiger partial charge in [-0.3, -0.25) is 4.79 Å². The number of alkyl halides is 3.